The number of nitrogens with one attached hydrogen (secondary N) is 2. The number of carbonyl (C=O) groups excluding carboxylic acids is 2. The van der Waals surface area contributed by atoms with Gasteiger partial charge in [-0.1, -0.05) is 18.6 Å². The maximum atomic E-state index is 11.4. The maximum Gasteiger partial charge on any atom is 0.321 e. The van der Waals surface area contributed by atoms with Crippen LogP contribution in [0.1, 0.15) is 30.3 Å². The van der Waals surface area contributed by atoms with E-state index in [9.17, 15) is 9.59 Å². The molecule has 0 saturated heterocycles. The van der Waals surface area contributed by atoms with Crippen molar-refractivity contribution >= 4 is 11.9 Å². The highest BCUT2D eigenvalue weighted by atomic mass is 16.2. The number of hydrogen-bond acceptors (Lipinski definition) is 4. The number of carbonyl (C=O) groups is 2. The molecule has 0 bridgehead atoms. The lowest BCUT2D eigenvalue weighted by Gasteiger charge is -1.98. The van der Waals surface area contributed by atoms with E-state index in [1.165, 1.54) is 13.2 Å². The number of imide groups is 1. The Hall–Kier alpha value is -1.92. The topological polar surface area (TPSA) is 88.9 Å². The Kier molecular flexibility index (Phi) is 4.43. The molecular weight excluding hydrogens is 210 g/mol. The summed E-state index contributed by atoms with van der Waals surface area (Å²) in [5, 5.41) is 11.9. The van der Waals surface area contributed by atoms with Crippen LogP contribution in [0.25, 0.3) is 0 Å². The van der Waals surface area contributed by atoms with Crippen LogP contribution in [0.5, 0.6) is 0 Å². The van der Waals surface area contributed by atoms with Crippen LogP contribution in [0.15, 0.2) is 6.20 Å². The van der Waals surface area contributed by atoms with Crippen molar-refractivity contribution < 1.29 is 9.59 Å². The van der Waals surface area contributed by atoms with Crippen molar-refractivity contribution in [2.75, 3.05) is 7.05 Å². The van der Waals surface area contributed by atoms with Crippen LogP contribution < -0.4 is 10.6 Å². The zero-order valence-corrected chi connectivity index (χ0v) is 9.36. The molecule has 0 fully saturated rings. The number of urea groups is 1. The van der Waals surface area contributed by atoms with Crippen LogP contribution in [0.2, 0.25) is 0 Å². The molecule has 2 N–H and O–H groups in total. The number of amides is 3. The maximum absolute atomic E-state index is 11.4. The van der Waals surface area contributed by atoms with Gasteiger partial charge in [0.2, 0.25) is 0 Å². The first-order valence-electron chi connectivity index (χ1n) is 5.10. The number of nitrogens with zero attached hydrogens (tertiary/aromatic N) is 3. The van der Waals surface area contributed by atoms with Crippen LogP contribution in [-0.4, -0.2) is 34.0 Å². The molecule has 0 saturated carbocycles. The first kappa shape index (κ1) is 12.2. The summed E-state index contributed by atoms with van der Waals surface area (Å²) in [5.74, 6) is -0.554. The smallest absolute Gasteiger partial charge is 0.321 e. The van der Waals surface area contributed by atoms with Crippen LogP contribution in [0.3, 0.4) is 0 Å². The zero-order valence-electron chi connectivity index (χ0n) is 9.36. The molecule has 88 valence electrons. The lowest BCUT2D eigenvalue weighted by atomic mass is 10.3. The minimum absolute atomic E-state index is 0.139. The summed E-state index contributed by atoms with van der Waals surface area (Å²) in [7, 11) is 1.43. The van der Waals surface area contributed by atoms with Crippen molar-refractivity contribution in [3.63, 3.8) is 0 Å². The Morgan fingerprint density at radius 1 is 1.50 bits per heavy atom. The third-order valence-corrected chi connectivity index (χ3v) is 1.97. The van der Waals surface area contributed by atoms with Gasteiger partial charge in [-0.05, 0) is 6.42 Å². The van der Waals surface area contributed by atoms with Gasteiger partial charge in [-0.15, -0.1) is 5.10 Å². The van der Waals surface area contributed by atoms with Crippen molar-refractivity contribution in [3.8, 4) is 0 Å². The van der Waals surface area contributed by atoms with Gasteiger partial charge in [0.25, 0.3) is 5.91 Å². The fraction of sp³-hybridized carbons (Fsp3) is 0.556. The number of rotatable bonds is 4. The van der Waals surface area contributed by atoms with Gasteiger partial charge in [-0.3, -0.25) is 14.8 Å². The minimum Gasteiger partial charge on any atom is -0.341 e. The first-order chi connectivity index (χ1) is 7.67. The third-order valence-electron chi connectivity index (χ3n) is 1.97. The molecule has 7 heteroatoms. The number of unbranched alkanes of at least 4 members (excludes halogenated alkanes) is 1. The number of aromatic nitrogens is 3. The van der Waals surface area contributed by atoms with E-state index in [2.05, 4.69) is 27.9 Å². The molecule has 0 aromatic carbocycles. The molecule has 0 radical (unpaired) electrons. The van der Waals surface area contributed by atoms with Crippen LogP contribution in [0, 0.1) is 0 Å². The molecule has 1 rings (SSSR count). The Morgan fingerprint density at radius 2 is 2.25 bits per heavy atom. The molecule has 3 amide bonds. The summed E-state index contributed by atoms with van der Waals surface area (Å²) in [5.41, 5.74) is 0.139. The molecule has 7 nitrogen and oxygen atoms in total. The van der Waals surface area contributed by atoms with Gasteiger partial charge in [-0.2, -0.15) is 0 Å². The van der Waals surface area contributed by atoms with Crippen molar-refractivity contribution in [2.24, 2.45) is 0 Å². The lowest BCUT2D eigenvalue weighted by molar-refractivity contribution is 0.0959. The SMILES string of the molecule is CCCCn1cc(C(=O)NC(=O)NC)nn1. The largest absolute Gasteiger partial charge is 0.341 e. The molecule has 0 aliphatic rings. The number of hydrogen-bond donors (Lipinski definition) is 2. The van der Waals surface area contributed by atoms with Gasteiger partial charge in [0, 0.05) is 13.6 Å². The summed E-state index contributed by atoms with van der Waals surface area (Å²) in [4.78, 5) is 22.3. The Morgan fingerprint density at radius 3 is 2.88 bits per heavy atom. The predicted molar refractivity (Wildman–Crippen MR) is 56.9 cm³/mol. The average molecular weight is 225 g/mol. The fourth-order valence-corrected chi connectivity index (χ4v) is 1.06. The highest BCUT2D eigenvalue weighted by Gasteiger charge is 2.12. The normalized spacial score (nSPS) is 9.88. The predicted octanol–water partition coefficient (Wildman–Crippen LogP) is 0.147. The molecule has 0 aliphatic carbocycles. The van der Waals surface area contributed by atoms with Gasteiger partial charge in [0.1, 0.15) is 0 Å². The summed E-state index contributed by atoms with van der Waals surface area (Å²) in [6, 6.07) is -0.562. The molecule has 0 unspecified atom stereocenters. The van der Waals surface area contributed by atoms with E-state index in [0.29, 0.717) is 0 Å². The monoisotopic (exact) mass is 225 g/mol. The lowest BCUT2D eigenvalue weighted by Crippen LogP contribution is -2.37. The van der Waals surface area contributed by atoms with Crippen LogP contribution in [-0.2, 0) is 6.54 Å². The second-order valence-electron chi connectivity index (χ2n) is 3.25. The van der Waals surface area contributed by atoms with Crippen molar-refractivity contribution in [2.45, 2.75) is 26.3 Å². The highest BCUT2D eigenvalue weighted by Crippen LogP contribution is 1.96. The van der Waals surface area contributed by atoms with Crippen molar-refractivity contribution in [1.29, 1.82) is 0 Å². The van der Waals surface area contributed by atoms with E-state index in [1.54, 1.807) is 4.68 Å². The van der Waals surface area contributed by atoms with Crippen LogP contribution >= 0.6 is 0 Å². The molecule has 1 aromatic rings. The summed E-state index contributed by atoms with van der Waals surface area (Å²) in [6.45, 7) is 2.78. The summed E-state index contributed by atoms with van der Waals surface area (Å²) >= 11 is 0. The van der Waals surface area contributed by atoms with E-state index >= 15 is 0 Å². The Balaban J connectivity index is 2.56. The molecule has 1 aromatic heterocycles. The van der Waals surface area contributed by atoms with E-state index in [1.807, 2.05) is 0 Å². The second kappa shape index (κ2) is 5.84. The fourth-order valence-electron chi connectivity index (χ4n) is 1.06. The Labute approximate surface area is 93.2 Å². The van der Waals surface area contributed by atoms with Crippen molar-refractivity contribution in [3.05, 3.63) is 11.9 Å². The molecule has 1 heterocycles. The van der Waals surface area contributed by atoms with Gasteiger partial charge < -0.3 is 5.32 Å². The van der Waals surface area contributed by atoms with E-state index in [-0.39, 0.29) is 5.69 Å². The molecule has 0 spiro atoms. The van der Waals surface area contributed by atoms with Gasteiger partial charge in [0.15, 0.2) is 5.69 Å². The highest BCUT2D eigenvalue weighted by molar-refractivity contribution is 6.02. The number of aryl methyl sites for hydroxylation is 1. The van der Waals surface area contributed by atoms with Gasteiger partial charge in [0.05, 0.1) is 6.20 Å². The zero-order chi connectivity index (χ0) is 12.0. The standard InChI is InChI=1S/C9H15N5O2/c1-3-4-5-14-6-7(12-13-14)8(15)11-9(16)10-2/h6H,3-5H2,1-2H3,(H2,10,11,15,16). The molecule has 16 heavy (non-hydrogen) atoms. The van der Waals surface area contributed by atoms with Gasteiger partial charge in [-0.25, -0.2) is 4.79 Å². The summed E-state index contributed by atoms with van der Waals surface area (Å²) < 4.78 is 1.59. The summed E-state index contributed by atoms with van der Waals surface area (Å²) in [6.07, 6.45) is 3.54. The van der Waals surface area contributed by atoms with Crippen LogP contribution in [0.4, 0.5) is 4.79 Å². The second-order valence-corrected chi connectivity index (χ2v) is 3.25. The van der Waals surface area contributed by atoms with E-state index < -0.39 is 11.9 Å². The van der Waals surface area contributed by atoms with Gasteiger partial charge >= 0.3 is 6.03 Å². The Bertz CT molecular complexity index is 374. The van der Waals surface area contributed by atoms with E-state index in [0.717, 1.165) is 19.4 Å². The molecular formula is C9H15N5O2. The minimum atomic E-state index is -0.562. The first-order valence-corrected chi connectivity index (χ1v) is 5.10. The van der Waals surface area contributed by atoms with E-state index in [4.69, 9.17) is 0 Å². The quantitative estimate of drug-likeness (QED) is 0.763. The molecule has 0 aliphatic heterocycles. The third kappa shape index (κ3) is 3.34. The molecule has 0 atom stereocenters. The average Bonchev–Trinajstić information content (AvgIpc) is 2.74. The van der Waals surface area contributed by atoms with Crippen molar-refractivity contribution in [1.82, 2.24) is 25.6 Å².